The second-order valence-electron chi connectivity index (χ2n) is 11.4. The molecule has 1 atom stereocenters. The topological polar surface area (TPSA) is 82.6 Å². The van der Waals surface area contributed by atoms with E-state index in [1.165, 1.54) is 5.56 Å². The molecule has 1 saturated carbocycles. The van der Waals surface area contributed by atoms with Gasteiger partial charge in [-0.15, -0.1) is 0 Å². The van der Waals surface area contributed by atoms with Gasteiger partial charge in [0, 0.05) is 49.0 Å². The highest BCUT2D eigenvalue weighted by Gasteiger charge is 2.30. The average Bonchev–Trinajstić information content (AvgIpc) is 3.62. The highest BCUT2D eigenvalue weighted by Crippen LogP contribution is 2.32. The number of fused-ring (bicyclic) bond motifs is 1. The Morgan fingerprint density at radius 3 is 2.60 bits per heavy atom. The number of hydrogen-bond acceptors (Lipinski definition) is 6. The van der Waals surface area contributed by atoms with Crippen molar-refractivity contribution in [3.8, 4) is 11.4 Å². The van der Waals surface area contributed by atoms with Gasteiger partial charge in [-0.3, -0.25) is 4.90 Å². The van der Waals surface area contributed by atoms with E-state index in [-0.39, 0.29) is 17.5 Å². The predicted octanol–water partition coefficient (Wildman–Crippen LogP) is 4.06. The Kier molecular flexibility index (Phi) is 6.68. The quantitative estimate of drug-likeness (QED) is 0.675. The molecule has 1 aromatic heterocycles. The molecule has 2 N–H and O–H groups in total. The first-order valence-corrected chi connectivity index (χ1v) is 12.9. The summed E-state index contributed by atoms with van der Waals surface area (Å²) in [7, 11) is 0. The maximum absolute atomic E-state index is 12.1. The molecule has 5 rings (SSSR count). The van der Waals surface area contributed by atoms with Gasteiger partial charge in [0.2, 0.25) is 0 Å². The van der Waals surface area contributed by atoms with Gasteiger partial charge in [-0.25, -0.2) is 14.8 Å². The molecule has 2 aromatic rings. The number of hydrogen-bond donors (Lipinski definition) is 2. The van der Waals surface area contributed by atoms with E-state index in [0.717, 1.165) is 80.6 Å². The number of anilines is 2. The van der Waals surface area contributed by atoms with Crippen molar-refractivity contribution in [2.24, 2.45) is 5.41 Å². The zero-order valence-electron chi connectivity index (χ0n) is 21.4. The van der Waals surface area contributed by atoms with Crippen LogP contribution in [0.25, 0.3) is 11.4 Å². The summed E-state index contributed by atoms with van der Waals surface area (Å²) in [6, 6.07) is 8.30. The van der Waals surface area contributed by atoms with Crippen molar-refractivity contribution in [3.63, 3.8) is 0 Å². The minimum atomic E-state index is -0.146. The number of benzene rings is 1. The molecule has 8 heteroatoms. The van der Waals surface area contributed by atoms with E-state index in [9.17, 15) is 4.79 Å². The maximum Gasteiger partial charge on any atom is 0.319 e. The molecule has 3 aliphatic rings. The number of rotatable bonds is 5. The fourth-order valence-corrected chi connectivity index (χ4v) is 4.96. The normalized spacial score (nSPS) is 20.9. The van der Waals surface area contributed by atoms with Crippen molar-refractivity contribution < 1.29 is 9.53 Å². The number of carbonyl (C=O) groups is 1. The van der Waals surface area contributed by atoms with Gasteiger partial charge in [0.25, 0.3) is 0 Å². The lowest BCUT2D eigenvalue weighted by molar-refractivity contribution is 0.0982. The molecule has 2 aliphatic heterocycles. The Labute approximate surface area is 208 Å². The van der Waals surface area contributed by atoms with Gasteiger partial charge in [0.1, 0.15) is 5.82 Å². The summed E-state index contributed by atoms with van der Waals surface area (Å²) in [6.45, 7) is 14.3. The van der Waals surface area contributed by atoms with E-state index in [0.29, 0.717) is 12.6 Å². The second kappa shape index (κ2) is 9.74. The van der Waals surface area contributed by atoms with Gasteiger partial charge in [-0.05, 0) is 55.9 Å². The minimum Gasteiger partial charge on any atom is -0.377 e. The second-order valence-corrected chi connectivity index (χ2v) is 11.4. The van der Waals surface area contributed by atoms with Crippen LogP contribution in [0.15, 0.2) is 24.3 Å². The minimum absolute atomic E-state index is 0.146. The summed E-state index contributed by atoms with van der Waals surface area (Å²) < 4.78 is 5.70. The molecule has 0 spiro atoms. The van der Waals surface area contributed by atoms with Crippen LogP contribution >= 0.6 is 0 Å². The van der Waals surface area contributed by atoms with Crippen molar-refractivity contribution in [3.05, 3.63) is 35.5 Å². The number of aromatic nitrogens is 2. The van der Waals surface area contributed by atoms with Crippen LogP contribution in [0.3, 0.4) is 0 Å². The van der Waals surface area contributed by atoms with Gasteiger partial charge in [0.05, 0.1) is 24.9 Å². The van der Waals surface area contributed by atoms with E-state index in [1.54, 1.807) is 0 Å². The summed E-state index contributed by atoms with van der Waals surface area (Å²) >= 11 is 0. The van der Waals surface area contributed by atoms with Gasteiger partial charge in [0.15, 0.2) is 5.82 Å². The standard InChI is InChI=1S/C27H38N6O2/c1-18-16-35-14-13-33(18)25-22-11-12-32(17-27(2,3)4)15-23(22)30-24(31-25)19-5-7-20(8-6-19)28-26(34)29-21-9-10-21/h5-8,18,21H,9-17H2,1-4H3,(H2,28,29,34). The Morgan fingerprint density at radius 1 is 1.14 bits per heavy atom. The predicted molar refractivity (Wildman–Crippen MR) is 139 cm³/mol. The van der Waals surface area contributed by atoms with E-state index in [2.05, 4.69) is 48.1 Å². The highest BCUT2D eigenvalue weighted by molar-refractivity contribution is 5.89. The number of ether oxygens (including phenoxy) is 1. The molecule has 1 unspecified atom stereocenters. The van der Waals surface area contributed by atoms with Gasteiger partial charge < -0.3 is 20.3 Å². The molecule has 1 saturated heterocycles. The third-order valence-electron chi connectivity index (χ3n) is 6.77. The molecule has 0 bridgehead atoms. The molecule has 2 amide bonds. The van der Waals surface area contributed by atoms with E-state index in [1.807, 2.05) is 24.3 Å². The number of amides is 2. The first kappa shape index (κ1) is 24.0. The van der Waals surface area contributed by atoms with Gasteiger partial charge >= 0.3 is 6.03 Å². The van der Waals surface area contributed by atoms with E-state index < -0.39 is 0 Å². The monoisotopic (exact) mass is 478 g/mol. The molecular formula is C27H38N6O2. The van der Waals surface area contributed by atoms with Crippen LogP contribution in [0.1, 0.15) is 51.8 Å². The fraction of sp³-hybridized carbons (Fsp3) is 0.593. The van der Waals surface area contributed by atoms with E-state index >= 15 is 0 Å². The van der Waals surface area contributed by atoms with Crippen LogP contribution in [0.4, 0.5) is 16.3 Å². The summed E-state index contributed by atoms with van der Waals surface area (Å²) in [5, 5.41) is 5.87. The van der Waals surface area contributed by atoms with Crippen LogP contribution < -0.4 is 15.5 Å². The molecule has 2 fully saturated rings. The average molecular weight is 479 g/mol. The zero-order valence-corrected chi connectivity index (χ0v) is 21.4. The summed E-state index contributed by atoms with van der Waals surface area (Å²) in [6.07, 6.45) is 3.10. The number of nitrogens with zero attached hydrogens (tertiary/aromatic N) is 4. The molecule has 188 valence electrons. The molecule has 3 heterocycles. The van der Waals surface area contributed by atoms with Crippen LogP contribution in [-0.2, 0) is 17.7 Å². The lowest BCUT2D eigenvalue weighted by Crippen LogP contribution is -2.45. The van der Waals surface area contributed by atoms with Gasteiger partial charge in [-0.2, -0.15) is 0 Å². The lowest BCUT2D eigenvalue weighted by atomic mass is 9.94. The summed E-state index contributed by atoms with van der Waals surface area (Å²) in [5.74, 6) is 1.80. The Balaban J connectivity index is 1.43. The molecule has 35 heavy (non-hydrogen) atoms. The SMILES string of the molecule is CC1COCCN1c1nc(-c2ccc(NC(=O)NC3CC3)cc2)nc2c1CCN(CC(C)(C)C)C2. The van der Waals surface area contributed by atoms with Crippen molar-refractivity contribution in [1.82, 2.24) is 20.2 Å². The molecule has 1 aliphatic carbocycles. The van der Waals surface area contributed by atoms with Crippen LogP contribution in [0.2, 0.25) is 0 Å². The zero-order chi connectivity index (χ0) is 24.6. The first-order valence-electron chi connectivity index (χ1n) is 12.9. The number of carbonyl (C=O) groups excluding carboxylic acids is 1. The smallest absolute Gasteiger partial charge is 0.319 e. The lowest BCUT2D eigenvalue weighted by Gasteiger charge is -2.38. The molecule has 0 radical (unpaired) electrons. The maximum atomic E-state index is 12.1. The van der Waals surface area contributed by atoms with Crippen LogP contribution in [0, 0.1) is 5.41 Å². The molecule has 1 aromatic carbocycles. The summed E-state index contributed by atoms with van der Waals surface area (Å²) in [5.41, 5.74) is 4.37. The van der Waals surface area contributed by atoms with Crippen molar-refractivity contribution in [1.29, 1.82) is 0 Å². The van der Waals surface area contributed by atoms with Crippen molar-refractivity contribution >= 4 is 17.5 Å². The van der Waals surface area contributed by atoms with E-state index in [4.69, 9.17) is 14.7 Å². The Hall–Kier alpha value is -2.71. The Bertz CT molecular complexity index is 1060. The highest BCUT2D eigenvalue weighted by atomic mass is 16.5. The largest absolute Gasteiger partial charge is 0.377 e. The fourth-order valence-electron chi connectivity index (χ4n) is 4.96. The molecule has 8 nitrogen and oxygen atoms in total. The van der Waals surface area contributed by atoms with Gasteiger partial charge in [-0.1, -0.05) is 20.8 Å². The number of urea groups is 1. The van der Waals surface area contributed by atoms with Crippen LogP contribution in [-0.4, -0.2) is 65.8 Å². The Morgan fingerprint density at radius 2 is 1.91 bits per heavy atom. The first-order chi connectivity index (χ1) is 16.7. The third kappa shape index (κ3) is 5.93. The molecular weight excluding hydrogens is 440 g/mol. The van der Waals surface area contributed by atoms with Crippen molar-refractivity contribution in [2.75, 3.05) is 43.1 Å². The number of morpholine rings is 1. The number of nitrogens with one attached hydrogen (secondary N) is 2. The van der Waals surface area contributed by atoms with Crippen molar-refractivity contribution in [2.45, 2.75) is 65.6 Å². The van der Waals surface area contributed by atoms with Crippen LogP contribution in [0.5, 0.6) is 0 Å². The third-order valence-corrected chi connectivity index (χ3v) is 6.77. The summed E-state index contributed by atoms with van der Waals surface area (Å²) in [4.78, 5) is 27.2.